The first-order valence-corrected chi connectivity index (χ1v) is 3.61. The molecule has 70 valence electrons. The van der Waals surface area contributed by atoms with Gasteiger partial charge in [0.2, 0.25) is 0 Å². The van der Waals surface area contributed by atoms with E-state index < -0.39 is 17.3 Å². The van der Waals surface area contributed by atoms with E-state index in [1.807, 2.05) is 0 Å². The molecule has 0 aromatic heterocycles. The first-order valence-electron chi connectivity index (χ1n) is 3.61. The summed E-state index contributed by atoms with van der Waals surface area (Å²) in [5.41, 5.74) is 4.34. The zero-order valence-corrected chi connectivity index (χ0v) is 7.16. The smallest absolute Gasteiger partial charge is 0.324 e. The Labute approximate surface area is 70.4 Å². The lowest BCUT2D eigenvalue weighted by atomic mass is 9.72. The van der Waals surface area contributed by atoms with Gasteiger partial charge >= 0.3 is 5.97 Å². The van der Waals surface area contributed by atoms with Crippen molar-refractivity contribution in [1.29, 1.82) is 0 Å². The Balaban J connectivity index is 2.60. The van der Waals surface area contributed by atoms with E-state index in [0.29, 0.717) is 0 Å². The monoisotopic (exact) mass is 175 g/mol. The number of carbonyl (C=O) groups is 1. The Bertz CT molecular complexity index is 192. The van der Waals surface area contributed by atoms with Crippen LogP contribution in [-0.2, 0) is 14.3 Å². The molecule has 0 unspecified atom stereocenters. The summed E-state index contributed by atoms with van der Waals surface area (Å²) < 4.78 is 10.0. The molecular weight excluding hydrogens is 162 g/mol. The standard InChI is InChI=1S/C7H13NO4/c1-11-7(12-2)3-6(8,4-7)5(9)10/h3-4,8H2,1-2H3,(H,9,10). The predicted octanol–water partition coefficient (Wildman–Crippen LogP) is -0.449. The molecule has 0 bridgehead atoms. The van der Waals surface area contributed by atoms with E-state index in [-0.39, 0.29) is 12.8 Å². The molecule has 0 radical (unpaired) electrons. The fourth-order valence-corrected chi connectivity index (χ4v) is 1.43. The lowest BCUT2D eigenvalue weighted by Gasteiger charge is -2.49. The molecule has 0 aromatic rings. The summed E-state index contributed by atoms with van der Waals surface area (Å²) in [6, 6.07) is 0. The number of hydrogen-bond donors (Lipinski definition) is 2. The minimum Gasteiger partial charge on any atom is -0.480 e. The maximum atomic E-state index is 10.6. The SMILES string of the molecule is COC1(OC)CC(N)(C(=O)O)C1. The van der Waals surface area contributed by atoms with Gasteiger partial charge in [-0.3, -0.25) is 4.79 Å². The van der Waals surface area contributed by atoms with Crippen LogP contribution in [0.15, 0.2) is 0 Å². The minimum atomic E-state index is -1.17. The number of carboxylic acid groups (broad SMARTS) is 1. The van der Waals surface area contributed by atoms with Crippen LogP contribution >= 0.6 is 0 Å². The van der Waals surface area contributed by atoms with Gasteiger partial charge in [-0.15, -0.1) is 0 Å². The molecule has 5 heteroatoms. The molecule has 0 amide bonds. The molecule has 1 saturated carbocycles. The van der Waals surface area contributed by atoms with Crippen molar-refractivity contribution in [2.24, 2.45) is 5.73 Å². The second-order valence-electron chi connectivity index (χ2n) is 3.13. The van der Waals surface area contributed by atoms with E-state index in [4.69, 9.17) is 20.3 Å². The third-order valence-electron chi connectivity index (χ3n) is 2.34. The van der Waals surface area contributed by atoms with Crippen LogP contribution in [0, 0.1) is 0 Å². The number of hydrogen-bond acceptors (Lipinski definition) is 4. The van der Waals surface area contributed by atoms with E-state index in [1.165, 1.54) is 14.2 Å². The average molecular weight is 175 g/mol. The highest BCUT2D eigenvalue weighted by atomic mass is 16.7. The van der Waals surface area contributed by atoms with Gasteiger partial charge in [0, 0.05) is 27.1 Å². The van der Waals surface area contributed by atoms with Crippen LogP contribution in [-0.4, -0.2) is 36.6 Å². The molecule has 3 N–H and O–H groups in total. The van der Waals surface area contributed by atoms with Gasteiger partial charge in [-0.1, -0.05) is 0 Å². The highest BCUT2D eigenvalue weighted by Crippen LogP contribution is 2.42. The van der Waals surface area contributed by atoms with Crippen molar-refractivity contribution < 1.29 is 19.4 Å². The van der Waals surface area contributed by atoms with Crippen molar-refractivity contribution in [3.8, 4) is 0 Å². The fourth-order valence-electron chi connectivity index (χ4n) is 1.43. The summed E-state index contributed by atoms with van der Waals surface area (Å²) >= 11 is 0. The van der Waals surface area contributed by atoms with E-state index in [2.05, 4.69) is 0 Å². The molecule has 0 spiro atoms. The van der Waals surface area contributed by atoms with E-state index in [9.17, 15) is 4.79 Å². The second kappa shape index (κ2) is 2.69. The van der Waals surface area contributed by atoms with Gasteiger partial charge in [0.25, 0.3) is 0 Å². The molecule has 0 atom stereocenters. The second-order valence-corrected chi connectivity index (χ2v) is 3.13. The highest BCUT2D eigenvalue weighted by molar-refractivity contribution is 5.80. The van der Waals surface area contributed by atoms with Crippen molar-refractivity contribution in [2.45, 2.75) is 24.2 Å². The molecule has 0 aromatic carbocycles. The Kier molecular flexibility index (Phi) is 2.11. The zero-order valence-electron chi connectivity index (χ0n) is 7.16. The lowest BCUT2D eigenvalue weighted by Crippen LogP contribution is -2.67. The van der Waals surface area contributed by atoms with E-state index >= 15 is 0 Å². The minimum absolute atomic E-state index is 0.197. The van der Waals surface area contributed by atoms with Gasteiger partial charge in [-0.25, -0.2) is 0 Å². The van der Waals surface area contributed by atoms with Crippen molar-refractivity contribution in [1.82, 2.24) is 0 Å². The third-order valence-corrected chi connectivity index (χ3v) is 2.34. The summed E-state index contributed by atoms with van der Waals surface area (Å²) in [6.45, 7) is 0. The van der Waals surface area contributed by atoms with Crippen molar-refractivity contribution in [2.75, 3.05) is 14.2 Å². The number of carboxylic acids is 1. The van der Waals surface area contributed by atoms with Crippen LogP contribution in [0.5, 0.6) is 0 Å². The fraction of sp³-hybridized carbons (Fsp3) is 0.857. The molecule has 1 fully saturated rings. The van der Waals surface area contributed by atoms with Crippen LogP contribution in [0.1, 0.15) is 12.8 Å². The normalized spacial score (nSPS) is 24.6. The van der Waals surface area contributed by atoms with Crippen LogP contribution in [0.25, 0.3) is 0 Å². The van der Waals surface area contributed by atoms with Crippen LogP contribution in [0.2, 0.25) is 0 Å². The Hall–Kier alpha value is -0.650. The van der Waals surface area contributed by atoms with Gasteiger partial charge in [0.15, 0.2) is 5.79 Å². The molecule has 0 aliphatic heterocycles. The summed E-state index contributed by atoms with van der Waals surface area (Å²) in [5, 5.41) is 8.68. The molecule has 1 rings (SSSR count). The van der Waals surface area contributed by atoms with Crippen LogP contribution < -0.4 is 5.73 Å². The number of nitrogens with two attached hydrogens (primary N) is 1. The Morgan fingerprint density at radius 3 is 2.08 bits per heavy atom. The quantitative estimate of drug-likeness (QED) is 0.568. The Morgan fingerprint density at radius 2 is 1.83 bits per heavy atom. The van der Waals surface area contributed by atoms with Gasteiger partial charge in [0.1, 0.15) is 5.54 Å². The molecule has 1 aliphatic carbocycles. The molecule has 1 aliphatic rings. The maximum Gasteiger partial charge on any atom is 0.324 e. The lowest BCUT2D eigenvalue weighted by molar-refractivity contribution is -0.274. The van der Waals surface area contributed by atoms with Crippen molar-refractivity contribution in [3.05, 3.63) is 0 Å². The highest BCUT2D eigenvalue weighted by Gasteiger charge is 2.58. The largest absolute Gasteiger partial charge is 0.480 e. The molecule has 0 heterocycles. The Morgan fingerprint density at radius 1 is 1.42 bits per heavy atom. The predicted molar refractivity (Wildman–Crippen MR) is 40.5 cm³/mol. The number of rotatable bonds is 3. The van der Waals surface area contributed by atoms with E-state index in [0.717, 1.165) is 0 Å². The molecular formula is C7H13NO4. The van der Waals surface area contributed by atoms with Crippen LogP contribution in [0.4, 0.5) is 0 Å². The average Bonchev–Trinajstić information content (AvgIpc) is 1.98. The zero-order chi connectivity index (χ0) is 9.41. The molecule has 12 heavy (non-hydrogen) atoms. The van der Waals surface area contributed by atoms with Gasteiger partial charge < -0.3 is 20.3 Å². The van der Waals surface area contributed by atoms with Gasteiger partial charge in [0.05, 0.1) is 0 Å². The van der Waals surface area contributed by atoms with Crippen molar-refractivity contribution >= 4 is 5.97 Å². The van der Waals surface area contributed by atoms with Crippen molar-refractivity contribution in [3.63, 3.8) is 0 Å². The molecule has 5 nitrogen and oxygen atoms in total. The number of aliphatic carboxylic acids is 1. The van der Waals surface area contributed by atoms with Gasteiger partial charge in [-0.05, 0) is 0 Å². The third kappa shape index (κ3) is 1.20. The summed E-state index contributed by atoms with van der Waals surface area (Å²) in [6.07, 6.45) is 0.394. The first kappa shape index (κ1) is 9.44. The summed E-state index contributed by atoms with van der Waals surface area (Å²) in [4.78, 5) is 10.6. The number of ether oxygens (including phenoxy) is 2. The topological polar surface area (TPSA) is 81.8 Å². The van der Waals surface area contributed by atoms with Crippen LogP contribution in [0.3, 0.4) is 0 Å². The summed E-state index contributed by atoms with van der Waals surface area (Å²) in [7, 11) is 2.95. The van der Waals surface area contributed by atoms with E-state index in [1.54, 1.807) is 0 Å². The molecule has 0 saturated heterocycles. The first-order chi connectivity index (χ1) is 5.48. The maximum absolute atomic E-state index is 10.6. The van der Waals surface area contributed by atoms with Gasteiger partial charge in [-0.2, -0.15) is 0 Å². The summed E-state index contributed by atoms with van der Waals surface area (Å²) in [5.74, 6) is -1.79. The number of methoxy groups -OCH3 is 2.